The lowest BCUT2D eigenvalue weighted by molar-refractivity contribution is -0.123. The molecule has 142 valence electrons. The Kier molecular flexibility index (Phi) is 4.12. The molecule has 28 heavy (non-hydrogen) atoms. The normalized spacial score (nSPS) is 28.0. The van der Waals surface area contributed by atoms with Gasteiger partial charge in [-0.15, -0.1) is 0 Å². The van der Waals surface area contributed by atoms with E-state index in [1.54, 1.807) is 36.4 Å². The summed E-state index contributed by atoms with van der Waals surface area (Å²) >= 11 is 3.37. The lowest BCUT2D eigenvalue weighted by Crippen LogP contribution is -2.33. The maximum atomic E-state index is 13.0. The van der Waals surface area contributed by atoms with Crippen LogP contribution < -0.4 is 10.2 Å². The van der Waals surface area contributed by atoms with E-state index in [9.17, 15) is 14.4 Å². The zero-order chi connectivity index (χ0) is 19.4. The molecule has 0 radical (unpaired) electrons. The standard InChI is InChI=1S/C22H19BrN2O3/c23-15-6-8-16(9-7-15)24-20(26)14-2-1-3-17(11-14)25-21(27)18-12-4-5-13(10-12)19(18)22(25)28/h1-3,6-9,11-13,18-19H,4-5,10H2,(H,24,26)/t12-,13+,18+,19-. The monoisotopic (exact) mass is 438 g/mol. The molecule has 6 heteroatoms. The quantitative estimate of drug-likeness (QED) is 0.728. The number of halogens is 1. The molecule has 1 saturated heterocycles. The number of hydrogen-bond acceptors (Lipinski definition) is 3. The summed E-state index contributed by atoms with van der Waals surface area (Å²) in [5.74, 6) is -0.0810. The van der Waals surface area contributed by atoms with Crippen LogP contribution >= 0.6 is 15.9 Å². The van der Waals surface area contributed by atoms with Gasteiger partial charge in [-0.25, -0.2) is 0 Å². The summed E-state index contributed by atoms with van der Waals surface area (Å²) in [4.78, 5) is 39.9. The van der Waals surface area contributed by atoms with Gasteiger partial charge in [-0.05, 0) is 73.6 Å². The van der Waals surface area contributed by atoms with E-state index in [0.717, 1.165) is 23.7 Å². The van der Waals surface area contributed by atoms with Crippen LogP contribution in [-0.4, -0.2) is 17.7 Å². The minimum absolute atomic E-state index is 0.0901. The molecule has 2 aromatic rings. The first kappa shape index (κ1) is 17.6. The summed E-state index contributed by atoms with van der Waals surface area (Å²) in [6, 6.07) is 14.1. The molecule has 0 spiro atoms. The zero-order valence-corrected chi connectivity index (χ0v) is 16.7. The second-order valence-electron chi connectivity index (χ2n) is 7.91. The Morgan fingerprint density at radius 2 is 1.61 bits per heavy atom. The van der Waals surface area contributed by atoms with Crippen LogP contribution in [0.1, 0.15) is 29.6 Å². The van der Waals surface area contributed by atoms with Crippen molar-refractivity contribution in [2.75, 3.05) is 10.2 Å². The van der Waals surface area contributed by atoms with Crippen LogP contribution in [0, 0.1) is 23.7 Å². The summed E-state index contributed by atoms with van der Waals surface area (Å²) in [7, 11) is 0. The Balaban J connectivity index is 1.40. The average Bonchev–Trinajstić information content (AvgIpc) is 3.37. The Bertz CT molecular complexity index is 960. The van der Waals surface area contributed by atoms with E-state index in [1.165, 1.54) is 4.90 Å². The fourth-order valence-corrected chi connectivity index (χ4v) is 5.45. The molecule has 2 bridgehead atoms. The van der Waals surface area contributed by atoms with E-state index >= 15 is 0 Å². The van der Waals surface area contributed by atoms with Gasteiger partial charge in [0.15, 0.2) is 0 Å². The van der Waals surface area contributed by atoms with Crippen LogP contribution in [-0.2, 0) is 9.59 Å². The van der Waals surface area contributed by atoms with Gasteiger partial charge in [0, 0.05) is 15.7 Å². The van der Waals surface area contributed by atoms with E-state index in [4.69, 9.17) is 0 Å². The van der Waals surface area contributed by atoms with Crippen molar-refractivity contribution in [3.05, 3.63) is 58.6 Å². The fraction of sp³-hybridized carbons (Fsp3) is 0.318. The first-order chi connectivity index (χ1) is 13.5. The lowest BCUT2D eigenvalue weighted by Gasteiger charge is -2.19. The molecule has 3 fully saturated rings. The first-order valence-corrected chi connectivity index (χ1v) is 10.4. The highest BCUT2D eigenvalue weighted by atomic mass is 79.9. The van der Waals surface area contributed by atoms with Gasteiger partial charge >= 0.3 is 0 Å². The number of anilines is 2. The van der Waals surface area contributed by atoms with Gasteiger partial charge in [0.1, 0.15) is 0 Å². The molecular weight excluding hydrogens is 420 g/mol. The van der Waals surface area contributed by atoms with E-state index in [0.29, 0.717) is 28.8 Å². The SMILES string of the molecule is O=C(Nc1ccc(Br)cc1)c1cccc(N2C(=O)[C@@H]3[C@H]4CC[C@H](C4)[C@@H]3C2=O)c1. The van der Waals surface area contributed by atoms with Gasteiger partial charge in [0.25, 0.3) is 5.91 Å². The highest BCUT2D eigenvalue weighted by Gasteiger charge is 2.61. The molecule has 4 atom stereocenters. The van der Waals surface area contributed by atoms with Crippen molar-refractivity contribution in [2.45, 2.75) is 19.3 Å². The number of benzene rings is 2. The van der Waals surface area contributed by atoms with Crippen molar-refractivity contribution in [1.29, 1.82) is 0 Å². The van der Waals surface area contributed by atoms with E-state index in [-0.39, 0.29) is 29.6 Å². The summed E-state index contributed by atoms with van der Waals surface area (Å²) < 4.78 is 0.929. The third-order valence-electron chi connectivity index (χ3n) is 6.40. The van der Waals surface area contributed by atoms with Crippen molar-refractivity contribution in [2.24, 2.45) is 23.7 Å². The average molecular weight is 439 g/mol. The molecule has 5 rings (SSSR count). The third-order valence-corrected chi connectivity index (χ3v) is 6.92. The maximum absolute atomic E-state index is 13.0. The van der Waals surface area contributed by atoms with Crippen LogP contribution in [0.15, 0.2) is 53.0 Å². The molecule has 2 saturated carbocycles. The zero-order valence-electron chi connectivity index (χ0n) is 15.1. The molecule has 3 amide bonds. The van der Waals surface area contributed by atoms with E-state index in [1.807, 2.05) is 12.1 Å². The molecule has 0 unspecified atom stereocenters. The molecule has 2 aliphatic carbocycles. The summed E-state index contributed by atoms with van der Waals surface area (Å²) in [5, 5.41) is 2.84. The number of fused-ring (bicyclic) bond motifs is 5. The van der Waals surface area contributed by atoms with Crippen molar-refractivity contribution < 1.29 is 14.4 Å². The molecule has 5 nitrogen and oxygen atoms in total. The molecule has 1 aliphatic heterocycles. The Hall–Kier alpha value is -2.47. The van der Waals surface area contributed by atoms with Gasteiger partial charge in [-0.3, -0.25) is 19.3 Å². The first-order valence-electron chi connectivity index (χ1n) is 9.58. The van der Waals surface area contributed by atoms with Gasteiger partial charge in [0.2, 0.25) is 11.8 Å². The number of carbonyl (C=O) groups excluding carboxylic acids is 3. The second kappa shape index (κ2) is 6.55. The Morgan fingerprint density at radius 3 is 2.25 bits per heavy atom. The van der Waals surface area contributed by atoms with Gasteiger partial charge in [-0.2, -0.15) is 0 Å². The molecular formula is C22H19BrN2O3. The summed E-state index contributed by atoms with van der Waals surface area (Å²) in [6.45, 7) is 0. The highest BCUT2D eigenvalue weighted by molar-refractivity contribution is 9.10. The summed E-state index contributed by atoms with van der Waals surface area (Å²) in [6.07, 6.45) is 3.11. The van der Waals surface area contributed by atoms with Gasteiger partial charge in [-0.1, -0.05) is 22.0 Å². The van der Waals surface area contributed by atoms with E-state index < -0.39 is 0 Å². The topological polar surface area (TPSA) is 66.5 Å². The van der Waals surface area contributed by atoms with Crippen molar-refractivity contribution in [1.82, 2.24) is 0 Å². The Labute approximate surface area is 171 Å². The number of carbonyl (C=O) groups is 3. The Morgan fingerprint density at radius 1 is 0.964 bits per heavy atom. The number of nitrogens with one attached hydrogen (secondary N) is 1. The number of hydrogen-bond donors (Lipinski definition) is 1. The molecule has 3 aliphatic rings. The van der Waals surface area contributed by atoms with Crippen LogP contribution in [0.5, 0.6) is 0 Å². The molecule has 1 N–H and O–H groups in total. The van der Waals surface area contributed by atoms with Crippen molar-refractivity contribution >= 4 is 45.0 Å². The van der Waals surface area contributed by atoms with Crippen LogP contribution in [0.4, 0.5) is 11.4 Å². The number of rotatable bonds is 3. The molecule has 2 aromatic carbocycles. The lowest BCUT2D eigenvalue weighted by atomic mass is 9.81. The maximum Gasteiger partial charge on any atom is 0.255 e. The van der Waals surface area contributed by atoms with Crippen LogP contribution in [0.25, 0.3) is 0 Å². The smallest absolute Gasteiger partial charge is 0.255 e. The van der Waals surface area contributed by atoms with Gasteiger partial charge < -0.3 is 5.32 Å². The predicted octanol–water partition coefficient (Wildman–Crippen LogP) is 4.24. The second-order valence-corrected chi connectivity index (χ2v) is 8.82. The largest absolute Gasteiger partial charge is 0.322 e. The molecule has 1 heterocycles. The number of amides is 3. The third kappa shape index (κ3) is 2.70. The highest BCUT2D eigenvalue weighted by Crippen LogP contribution is 2.56. The van der Waals surface area contributed by atoms with Gasteiger partial charge in [0.05, 0.1) is 17.5 Å². The number of nitrogens with zero attached hydrogens (tertiary/aromatic N) is 1. The molecule has 0 aromatic heterocycles. The minimum atomic E-state index is -0.275. The van der Waals surface area contributed by atoms with Crippen molar-refractivity contribution in [3.63, 3.8) is 0 Å². The predicted molar refractivity (Wildman–Crippen MR) is 109 cm³/mol. The van der Waals surface area contributed by atoms with Crippen LogP contribution in [0.2, 0.25) is 0 Å². The van der Waals surface area contributed by atoms with Crippen LogP contribution in [0.3, 0.4) is 0 Å². The number of imide groups is 1. The minimum Gasteiger partial charge on any atom is -0.322 e. The summed E-state index contributed by atoms with van der Waals surface area (Å²) in [5.41, 5.74) is 1.59. The van der Waals surface area contributed by atoms with Crippen molar-refractivity contribution in [3.8, 4) is 0 Å². The fourth-order valence-electron chi connectivity index (χ4n) is 5.19. The van der Waals surface area contributed by atoms with E-state index in [2.05, 4.69) is 21.2 Å².